The van der Waals surface area contributed by atoms with Crippen molar-refractivity contribution in [2.45, 2.75) is 25.3 Å². The normalized spacial score (nSPS) is 17.6. The molecule has 3 aromatic carbocycles. The number of ketones is 2. The Bertz CT molecular complexity index is 1430. The number of carbonyl (C=O) groups is 2. The third-order valence-corrected chi connectivity index (χ3v) is 6.58. The number of aromatic nitrogens is 1. The minimum absolute atomic E-state index is 0.0217. The largest absolute Gasteiger partial charge is 0.372 e. The first-order chi connectivity index (χ1) is 16.2. The summed E-state index contributed by atoms with van der Waals surface area (Å²) in [4.78, 5) is 29.5. The lowest BCUT2D eigenvalue weighted by molar-refractivity contribution is -0.116. The van der Waals surface area contributed by atoms with Crippen LogP contribution in [0.4, 0.5) is 11.4 Å². The second-order valence-corrected chi connectivity index (χ2v) is 8.62. The van der Waals surface area contributed by atoms with E-state index >= 15 is 0 Å². The first kappa shape index (κ1) is 19.6. The molecule has 2 aliphatic rings. The lowest BCUT2D eigenvalue weighted by Crippen LogP contribution is -2.23. The molecule has 3 N–H and O–H groups in total. The van der Waals surface area contributed by atoms with Crippen molar-refractivity contribution in [1.82, 2.24) is 4.98 Å². The van der Waals surface area contributed by atoms with E-state index < -0.39 is 0 Å². The van der Waals surface area contributed by atoms with Gasteiger partial charge in [-0.2, -0.15) is 0 Å². The van der Waals surface area contributed by atoms with E-state index in [1.807, 2.05) is 72.9 Å². The third-order valence-electron chi connectivity index (χ3n) is 6.58. The monoisotopic (exact) mass is 433 g/mol. The number of aromatic amines is 1. The van der Waals surface area contributed by atoms with Crippen LogP contribution in [0, 0.1) is 0 Å². The van der Waals surface area contributed by atoms with Crippen LogP contribution in [0.1, 0.15) is 46.8 Å². The Morgan fingerprint density at radius 2 is 1.67 bits per heavy atom. The van der Waals surface area contributed by atoms with Crippen molar-refractivity contribution < 1.29 is 9.59 Å². The molecule has 5 nitrogen and oxygen atoms in total. The van der Waals surface area contributed by atoms with Crippen molar-refractivity contribution in [3.63, 3.8) is 0 Å². The van der Waals surface area contributed by atoms with Gasteiger partial charge in [0.25, 0.3) is 0 Å². The van der Waals surface area contributed by atoms with E-state index in [1.165, 1.54) is 0 Å². The van der Waals surface area contributed by atoms with Crippen molar-refractivity contribution in [2.24, 2.45) is 0 Å². The summed E-state index contributed by atoms with van der Waals surface area (Å²) in [5.41, 5.74) is 6.79. The maximum Gasteiger partial charge on any atom is 0.193 e. The fourth-order valence-electron chi connectivity index (χ4n) is 4.96. The van der Waals surface area contributed by atoms with Crippen LogP contribution in [0.15, 0.2) is 90.3 Å². The first-order valence-corrected chi connectivity index (χ1v) is 11.3. The van der Waals surface area contributed by atoms with Crippen molar-refractivity contribution in [2.75, 3.05) is 10.6 Å². The summed E-state index contributed by atoms with van der Waals surface area (Å²) < 4.78 is 0. The van der Waals surface area contributed by atoms with Gasteiger partial charge in [-0.25, -0.2) is 0 Å². The molecule has 33 heavy (non-hydrogen) atoms. The number of allylic oxidation sites excluding steroid dienone is 1. The molecular weight excluding hydrogens is 410 g/mol. The maximum atomic E-state index is 13.1. The number of nitrogens with one attached hydrogen (secondary N) is 3. The first-order valence-electron chi connectivity index (χ1n) is 11.3. The molecule has 1 atom stereocenters. The Balaban J connectivity index is 1.47. The highest BCUT2D eigenvalue weighted by Gasteiger charge is 2.33. The molecule has 1 aromatic heterocycles. The van der Waals surface area contributed by atoms with E-state index in [0.717, 1.165) is 52.0 Å². The van der Waals surface area contributed by atoms with Crippen LogP contribution in [0.5, 0.6) is 0 Å². The molecule has 0 spiro atoms. The van der Waals surface area contributed by atoms with Crippen LogP contribution >= 0.6 is 0 Å². The van der Waals surface area contributed by atoms with Gasteiger partial charge in [-0.15, -0.1) is 0 Å². The number of para-hydroxylation sites is 1. The van der Waals surface area contributed by atoms with Gasteiger partial charge in [0.1, 0.15) is 0 Å². The van der Waals surface area contributed by atoms with Crippen molar-refractivity contribution in [3.05, 3.63) is 107 Å². The summed E-state index contributed by atoms with van der Waals surface area (Å²) in [7, 11) is 0. The van der Waals surface area contributed by atoms with Crippen LogP contribution in [-0.2, 0) is 4.79 Å². The predicted molar refractivity (Wildman–Crippen MR) is 130 cm³/mol. The Labute approximate surface area is 191 Å². The summed E-state index contributed by atoms with van der Waals surface area (Å²) in [6, 6.07) is 22.8. The van der Waals surface area contributed by atoms with Crippen molar-refractivity contribution in [1.29, 1.82) is 0 Å². The zero-order chi connectivity index (χ0) is 22.4. The fourth-order valence-corrected chi connectivity index (χ4v) is 4.96. The van der Waals surface area contributed by atoms with Gasteiger partial charge in [-0.1, -0.05) is 48.5 Å². The Morgan fingerprint density at radius 3 is 2.55 bits per heavy atom. The van der Waals surface area contributed by atoms with Gasteiger partial charge in [0.15, 0.2) is 11.6 Å². The molecule has 162 valence electrons. The SMILES string of the molecule is O=C1CCCC2=C1[C@H](c1c[nH]c3ccccc13)Nc1ccc(C(=O)c3ccccc3)cc1N2. The van der Waals surface area contributed by atoms with Crippen LogP contribution in [0.25, 0.3) is 10.9 Å². The van der Waals surface area contributed by atoms with Gasteiger partial charge in [-0.05, 0) is 37.1 Å². The number of hydrogen-bond donors (Lipinski definition) is 3. The molecular formula is C28H23N3O2. The second kappa shape index (κ2) is 7.78. The number of benzene rings is 3. The van der Waals surface area contributed by atoms with E-state index in [9.17, 15) is 9.59 Å². The molecule has 1 aliphatic carbocycles. The van der Waals surface area contributed by atoms with Crippen LogP contribution < -0.4 is 10.6 Å². The number of carbonyl (C=O) groups excluding carboxylic acids is 2. The third kappa shape index (κ3) is 3.33. The summed E-state index contributed by atoms with van der Waals surface area (Å²) in [6.45, 7) is 0. The molecule has 0 saturated heterocycles. The second-order valence-electron chi connectivity index (χ2n) is 8.62. The topological polar surface area (TPSA) is 74.0 Å². The van der Waals surface area contributed by atoms with Gasteiger partial charge in [0.2, 0.25) is 0 Å². The molecule has 0 saturated carbocycles. The molecule has 0 bridgehead atoms. The standard InChI is InChI=1S/C28H23N3O2/c32-25-12-6-11-23-26(25)27(20-16-29-21-10-5-4-9-19(20)21)31-22-14-13-18(15-24(22)30-23)28(33)17-7-2-1-3-8-17/h1-5,7-10,13-16,27,29-31H,6,11-12H2/t27-/m0/s1. The van der Waals surface area contributed by atoms with Crippen LogP contribution in [0.3, 0.4) is 0 Å². The number of fused-ring (bicyclic) bond motifs is 2. The molecule has 5 heteroatoms. The molecule has 0 fully saturated rings. The lowest BCUT2D eigenvalue weighted by Gasteiger charge is -2.25. The van der Waals surface area contributed by atoms with Crippen LogP contribution in [0.2, 0.25) is 0 Å². The number of anilines is 2. The zero-order valence-corrected chi connectivity index (χ0v) is 18.0. The van der Waals surface area contributed by atoms with E-state index in [4.69, 9.17) is 0 Å². The average molecular weight is 434 g/mol. The molecule has 1 aliphatic heterocycles. The van der Waals surface area contributed by atoms with E-state index in [0.29, 0.717) is 17.5 Å². The Morgan fingerprint density at radius 1 is 0.848 bits per heavy atom. The van der Waals surface area contributed by atoms with Crippen LogP contribution in [-0.4, -0.2) is 16.6 Å². The predicted octanol–water partition coefficient (Wildman–Crippen LogP) is 5.98. The van der Waals surface area contributed by atoms with E-state index in [-0.39, 0.29) is 17.6 Å². The molecule has 0 amide bonds. The highest BCUT2D eigenvalue weighted by molar-refractivity contribution is 6.10. The molecule has 4 aromatic rings. The zero-order valence-electron chi connectivity index (χ0n) is 18.0. The number of Topliss-reactive ketones (excluding diaryl/α,β-unsaturated/α-hetero) is 1. The Hall–Kier alpha value is -4.12. The average Bonchev–Trinajstić information content (AvgIpc) is 3.20. The smallest absolute Gasteiger partial charge is 0.193 e. The fraction of sp³-hybridized carbons (Fsp3) is 0.143. The lowest BCUT2D eigenvalue weighted by atomic mass is 9.86. The minimum Gasteiger partial charge on any atom is -0.372 e. The molecule has 6 rings (SSSR count). The van der Waals surface area contributed by atoms with Gasteiger partial charge >= 0.3 is 0 Å². The maximum absolute atomic E-state index is 13.1. The highest BCUT2D eigenvalue weighted by atomic mass is 16.1. The molecule has 2 heterocycles. The van der Waals surface area contributed by atoms with Crippen molar-refractivity contribution >= 4 is 33.8 Å². The molecule has 0 unspecified atom stereocenters. The summed E-state index contributed by atoms with van der Waals surface area (Å²) >= 11 is 0. The molecule has 0 radical (unpaired) electrons. The van der Waals surface area contributed by atoms with Crippen molar-refractivity contribution in [3.8, 4) is 0 Å². The summed E-state index contributed by atoms with van der Waals surface area (Å²) in [6.07, 6.45) is 4.17. The van der Waals surface area contributed by atoms with E-state index in [2.05, 4.69) is 21.7 Å². The quantitative estimate of drug-likeness (QED) is 0.347. The van der Waals surface area contributed by atoms with E-state index in [1.54, 1.807) is 0 Å². The van der Waals surface area contributed by atoms with Gasteiger partial charge in [-0.3, -0.25) is 9.59 Å². The number of rotatable bonds is 3. The number of hydrogen-bond acceptors (Lipinski definition) is 4. The van der Waals surface area contributed by atoms with Gasteiger partial charge in [0, 0.05) is 51.5 Å². The summed E-state index contributed by atoms with van der Waals surface area (Å²) in [5, 5.41) is 8.23. The highest BCUT2D eigenvalue weighted by Crippen LogP contribution is 2.42. The van der Waals surface area contributed by atoms with Gasteiger partial charge in [0.05, 0.1) is 17.4 Å². The number of H-pyrrole nitrogens is 1. The van der Waals surface area contributed by atoms with Gasteiger partial charge < -0.3 is 15.6 Å². The summed E-state index contributed by atoms with van der Waals surface area (Å²) in [5.74, 6) is 0.145. The Kier molecular flexibility index (Phi) is 4.61. The minimum atomic E-state index is -0.270.